The molecule has 1 aromatic carbocycles. The Morgan fingerprint density at radius 3 is 2.91 bits per heavy atom. The van der Waals surface area contributed by atoms with Gasteiger partial charge in [0.2, 0.25) is 5.91 Å². The van der Waals surface area contributed by atoms with Crippen LogP contribution in [-0.2, 0) is 17.6 Å². The predicted octanol–water partition coefficient (Wildman–Crippen LogP) is 3.41. The van der Waals surface area contributed by atoms with Crippen molar-refractivity contribution in [2.24, 2.45) is 0 Å². The minimum absolute atomic E-state index is 0.0446. The maximum Gasteiger partial charge on any atom is 0.224 e. The van der Waals surface area contributed by atoms with Gasteiger partial charge in [0.25, 0.3) is 0 Å². The molecule has 0 saturated heterocycles. The molecule has 4 nitrogen and oxygen atoms in total. The van der Waals surface area contributed by atoms with Crippen LogP contribution in [-0.4, -0.2) is 12.5 Å². The maximum absolute atomic E-state index is 12.3. The van der Waals surface area contributed by atoms with Crippen molar-refractivity contribution in [3.05, 3.63) is 53.5 Å². The van der Waals surface area contributed by atoms with E-state index in [0.717, 1.165) is 41.9 Å². The van der Waals surface area contributed by atoms with Gasteiger partial charge in [-0.15, -0.1) is 0 Å². The summed E-state index contributed by atoms with van der Waals surface area (Å²) in [7, 11) is 0. The molecule has 3 rings (SSSR count). The average Bonchev–Trinajstić information content (AvgIpc) is 2.99. The van der Waals surface area contributed by atoms with Crippen LogP contribution in [0.1, 0.15) is 42.7 Å². The number of aryl methyl sites for hydroxylation is 1. The third kappa shape index (κ3) is 3.32. The molecule has 116 valence electrons. The van der Waals surface area contributed by atoms with Crippen LogP contribution in [0.15, 0.2) is 41.0 Å². The Balaban J connectivity index is 1.59. The Kier molecular flexibility index (Phi) is 4.47. The molecule has 22 heavy (non-hydrogen) atoms. The van der Waals surface area contributed by atoms with Crippen LogP contribution in [0.3, 0.4) is 0 Å². The molecule has 1 unspecified atom stereocenters. The summed E-state index contributed by atoms with van der Waals surface area (Å²) in [6.07, 6.45) is 5.08. The first-order valence-corrected chi connectivity index (χ1v) is 7.83. The van der Waals surface area contributed by atoms with Crippen LogP contribution >= 0.6 is 0 Å². The van der Waals surface area contributed by atoms with Crippen molar-refractivity contribution in [3.63, 3.8) is 0 Å². The van der Waals surface area contributed by atoms with E-state index in [2.05, 4.69) is 5.32 Å². The summed E-state index contributed by atoms with van der Waals surface area (Å²) in [6, 6.07) is 9.74. The molecular weight excluding hydrogens is 278 g/mol. The van der Waals surface area contributed by atoms with Gasteiger partial charge in [0.15, 0.2) is 0 Å². The average molecular weight is 299 g/mol. The van der Waals surface area contributed by atoms with Crippen LogP contribution in [0.25, 0.3) is 0 Å². The molecule has 4 heteroatoms. The van der Waals surface area contributed by atoms with Gasteiger partial charge in [-0.05, 0) is 43.5 Å². The Morgan fingerprint density at radius 1 is 1.32 bits per heavy atom. The predicted molar refractivity (Wildman–Crippen MR) is 83.8 cm³/mol. The monoisotopic (exact) mass is 299 g/mol. The molecule has 1 aliphatic carbocycles. The van der Waals surface area contributed by atoms with E-state index >= 15 is 0 Å². The van der Waals surface area contributed by atoms with Gasteiger partial charge in [-0.3, -0.25) is 4.79 Å². The second-order valence-corrected chi connectivity index (χ2v) is 5.57. The van der Waals surface area contributed by atoms with E-state index in [1.54, 1.807) is 6.26 Å². The van der Waals surface area contributed by atoms with Crippen LogP contribution in [0.4, 0.5) is 0 Å². The summed E-state index contributed by atoms with van der Waals surface area (Å²) < 4.78 is 10.9. The molecule has 2 aromatic rings. The number of benzene rings is 1. The SMILES string of the molecule is CCOc1ccc(CC(=O)NC2CCCc3occc32)cc1. The topological polar surface area (TPSA) is 51.5 Å². The van der Waals surface area contributed by atoms with Gasteiger partial charge in [0.05, 0.1) is 25.3 Å². The molecular formula is C18H21NO3. The molecule has 1 aromatic heterocycles. The van der Waals surface area contributed by atoms with Crippen molar-refractivity contribution >= 4 is 5.91 Å². The van der Waals surface area contributed by atoms with Crippen LogP contribution in [0, 0.1) is 0 Å². The number of hydrogen-bond acceptors (Lipinski definition) is 3. The van der Waals surface area contributed by atoms with Gasteiger partial charge in [0, 0.05) is 12.0 Å². The lowest BCUT2D eigenvalue weighted by Crippen LogP contribution is -2.31. The fraction of sp³-hybridized carbons (Fsp3) is 0.389. The van der Waals surface area contributed by atoms with E-state index in [-0.39, 0.29) is 11.9 Å². The molecule has 0 radical (unpaired) electrons. The number of furan rings is 1. The highest BCUT2D eigenvalue weighted by molar-refractivity contribution is 5.79. The zero-order valence-electron chi connectivity index (χ0n) is 12.8. The van der Waals surface area contributed by atoms with E-state index < -0.39 is 0 Å². The van der Waals surface area contributed by atoms with Crippen LogP contribution in [0.2, 0.25) is 0 Å². The van der Waals surface area contributed by atoms with Gasteiger partial charge < -0.3 is 14.5 Å². The fourth-order valence-electron chi connectivity index (χ4n) is 2.94. The van der Waals surface area contributed by atoms with E-state index in [1.165, 1.54) is 0 Å². The Hall–Kier alpha value is -2.23. The highest BCUT2D eigenvalue weighted by Gasteiger charge is 2.23. The molecule has 1 aliphatic rings. The standard InChI is InChI=1S/C18H21NO3/c1-2-21-14-8-6-13(7-9-14)12-18(20)19-16-4-3-5-17-15(16)10-11-22-17/h6-11,16H,2-5,12H2,1H3,(H,19,20). The number of carbonyl (C=O) groups excluding carboxylic acids is 1. The summed E-state index contributed by atoms with van der Waals surface area (Å²) >= 11 is 0. The molecule has 0 bridgehead atoms. The lowest BCUT2D eigenvalue weighted by molar-refractivity contribution is -0.121. The quantitative estimate of drug-likeness (QED) is 0.920. The second-order valence-electron chi connectivity index (χ2n) is 5.57. The number of ether oxygens (including phenoxy) is 1. The third-order valence-electron chi connectivity index (χ3n) is 3.99. The van der Waals surface area contributed by atoms with Crippen molar-refractivity contribution in [1.82, 2.24) is 5.32 Å². The van der Waals surface area contributed by atoms with E-state index in [0.29, 0.717) is 13.0 Å². The number of rotatable bonds is 5. The zero-order chi connectivity index (χ0) is 15.4. The molecule has 0 aliphatic heterocycles. The highest BCUT2D eigenvalue weighted by atomic mass is 16.5. The largest absolute Gasteiger partial charge is 0.494 e. The molecule has 0 fully saturated rings. The van der Waals surface area contributed by atoms with E-state index in [4.69, 9.17) is 9.15 Å². The van der Waals surface area contributed by atoms with Crippen molar-refractivity contribution in [3.8, 4) is 5.75 Å². The van der Waals surface area contributed by atoms with Gasteiger partial charge in [0.1, 0.15) is 11.5 Å². The Labute approximate surface area is 130 Å². The minimum Gasteiger partial charge on any atom is -0.494 e. The Morgan fingerprint density at radius 2 is 2.14 bits per heavy atom. The van der Waals surface area contributed by atoms with Gasteiger partial charge in [-0.2, -0.15) is 0 Å². The summed E-state index contributed by atoms with van der Waals surface area (Å²) in [5.74, 6) is 1.89. The smallest absolute Gasteiger partial charge is 0.224 e. The van der Waals surface area contributed by atoms with Crippen LogP contribution < -0.4 is 10.1 Å². The molecule has 0 saturated carbocycles. The van der Waals surface area contributed by atoms with Gasteiger partial charge in [-0.25, -0.2) is 0 Å². The number of fused-ring (bicyclic) bond motifs is 1. The number of amides is 1. The van der Waals surface area contributed by atoms with Crippen LogP contribution in [0.5, 0.6) is 5.75 Å². The molecule has 1 atom stereocenters. The lowest BCUT2D eigenvalue weighted by atomic mass is 9.93. The molecule has 0 spiro atoms. The summed E-state index contributed by atoms with van der Waals surface area (Å²) in [6.45, 7) is 2.60. The highest BCUT2D eigenvalue weighted by Crippen LogP contribution is 2.30. The number of nitrogens with one attached hydrogen (secondary N) is 1. The molecule has 1 heterocycles. The van der Waals surface area contributed by atoms with Crippen molar-refractivity contribution in [1.29, 1.82) is 0 Å². The van der Waals surface area contributed by atoms with Crippen molar-refractivity contribution in [2.45, 2.75) is 38.6 Å². The van der Waals surface area contributed by atoms with Crippen molar-refractivity contribution < 1.29 is 13.9 Å². The summed E-state index contributed by atoms with van der Waals surface area (Å²) in [5, 5.41) is 3.12. The van der Waals surface area contributed by atoms with Gasteiger partial charge >= 0.3 is 0 Å². The molecule has 1 amide bonds. The fourth-order valence-corrected chi connectivity index (χ4v) is 2.94. The first-order chi connectivity index (χ1) is 10.8. The summed E-state index contributed by atoms with van der Waals surface area (Å²) in [5.41, 5.74) is 2.12. The summed E-state index contributed by atoms with van der Waals surface area (Å²) in [4.78, 5) is 12.3. The van der Waals surface area contributed by atoms with E-state index in [1.807, 2.05) is 37.3 Å². The number of carbonyl (C=O) groups is 1. The lowest BCUT2D eigenvalue weighted by Gasteiger charge is -2.22. The zero-order valence-corrected chi connectivity index (χ0v) is 12.8. The second kappa shape index (κ2) is 6.69. The van der Waals surface area contributed by atoms with Gasteiger partial charge in [-0.1, -0.05) is 12.1 Å². The minimum atomic E-state index is 0.0446. The normalized spacial score (nSPS) is 16.9. The molecule has 1 N–H and O–H groups in total. The first-order valence-electron chi connectivity index (χ1n) is 7.83. The third-order valence-corrected chi connectivity index (χ3v) is 3.99. The number of hydrogen-bond donors (Lipinski definition) is 1. The maximum atomic E-state index is 12.3. The van der Waals surface area contributed by atoms with E-state index in [9.17, 15) is 4.79 Å². The van der Waals surface area contributed by atoms with Crippen molar-refractivity contribution in [2.75, 3.05) is 6.61 Å². The Bertz CT molecular complexity index is 630. The first kappa shape index (κ1) is 14.7.